The number of carbonyl (C=O) groups is 1. The summed E-state index contributed by atoms with van der Waals surface area (Å²) < 4.78 is 73.6. The Labute approximate surface area is 219 Å². The number of sulfonamides is 1. The normalized spacial score (nSPS) is 11.8. The summed E-state index contributed by atoms with van der Waals surface area (Å²) in [6, 6.07) is 14.0. The van der Waals surface area contributed by atoms with Gasteiger partial charge in [0.15, 0.2) is 0 Å². The summed E-state index contributed by atoms with van der Waals surface area (Å²) in [6.07, 6.45) is -4.82. The summed E-state index contributed by atoms with van der Waals surface area (Å²) in [4.78, 5) is 12.5. The van der Waals surface area contributed by atoms with Gasteiger partial charge in [-0.3, -0.25) is 9.10 Å². The monoisotopic (exact) mass is 554 g/mol. The van der Waals surface area contributed by atoms with Crippen LogP contribution in [0.3, 0.4) is 0 Å². The van der Waals surface area contributed by atoms with E-state index in [9.17, 15) is 26.4 Å². The van der Waals surface area contributed by atoms with Gasteiger partial charge >= 0.3 is 6.18 Å². The van der Waals surface area contributed by atoms with E-state index >= 15 is 0 Å². The van der Waals surface area contributed by atoms with Crippen LogP contribution in [0.5, 0.6) is 5.75 Å². The number of halogens is 4. The molecule has 1 amide bonds. The van der Waals surface area contributed by atoms with Crippen LogP contribution in [0.1, 0.15) is 22.3 Å². The third-order valence-corrected chi connectivity index (χ3v) is 7.79. The van der Waals surface area contributed by atoms with Crippen LogP contribution in [-0.4, -0.2) is 34.0 Å². The van der Waals surface area contributed by atoms with Crippen molar-refractivity contribution in [2.45, 2.75) is 31.8 Å². The Hall–Kier alpha value is -3.24. The van der Waals surface area contributed by atoms with Crippen LogP contribution in [0.25, 0.3) is 0 Å². The van der Waals surface area contributed by atoms with Gasteiger partial charge < -0.3 is 10.1 Å². The van der Waals surface area contributed by atoms with Crippen LogP contribution in [0.4, 0.5) is 18.9 Å². The highest BCUT2D eigenvalue weighted by atomic mass is 35.5. The smallest absolute Gasteiger partial charge is 0.417 e. The van der Waals surface area contributed by atoms with Crippen LogP contribution < -0.4 is 14.4 Å². The molecule has 0 saturated heterocycles. The molecule has 0 unspecified atom stereocenters. The number of hydrogen-bond acceptors (Lipinski definition) is 4. The van der Waals surface area contributed by atoms with Gasteiger partial charge in [0.1, 0.15) is 18.9 Å². The van der Waals surface area contributed by atoms with Crippen LogP contribution in [0, 0.1) is 20.8 Å². The van der Waals surface area contributed by atoms with E-state index in [-0.39, 0.29) is 23.7 Å². The second kappa shape index (κ2) is 11.4. The van der Waals surface area contributed by atoms with E-state index in [1.54, 1.807) is 25.1 Å². The van der Waals surface area contributed by atoms with E-state index in [1.165, 1.54) is 12.1 Å². The van der Waals surface area contributed by atoms with Gasteiger partial charge in [-0.15, -0.1) is 0 Å². The van der Waals surface area contributed by atoms with Gasteiger partial charge in [0.2, 0.25) is 5.91 Å². The van der Waals surface area contributed by atoms with Gasteiger partial charge in [-0.05, 0) is 68.3 Å². The molecule has 0 bridgehead atoms. The number of carbonyl (C=O) groups excluding carboxylic acids is 1. The number of amides is 1. The maximum absolute atomic E-state index is 13.5. The SMILES string of the molecule is Cc1ccc(S(=O)(=O)N(CC(=O)NCCOc2cccc(C)c2C)c2ccc(Cl)c(C(F)(F)F)c2)cc1. The highest BCUT2D eigenvalue weighted by Crippen LogP contribution is 2.38. The van der Waals surface area contributed by atoms with Crippen molar-refractivity contribution in [1.29, 1.82) is 0 Å². The molecule has 1 N–H and O–H groups in total. The molecule has 0 atom stereocenters. The number of alkyl halides is 3. The number of anilines is 1. The third-order valence-electron chi connectivity index (χ3n) is 5.68. The van der Waals surface area contributed by atoms with Gasteiger partial charge in [-0.1, -0.05) is 41.4 Å². The summed E-state index contributed by atoms with van der Waals surface area (Å²) in [7, 11) is -4.39. The predicted octanol–water partition coefficient (Wildman–Crippen LogP) is 5.67. The van der Waals surface area contributed by atoms with Crippen molar-refractivity contribution in [3.8, 4) is 5.75 Å². The number of rotatable bonds is 9. The zero-order valence-electron chi connectivity index (χ0n) is 20.4. The molecule has 6 nitrogen and oxygen atoms in total. The van der Waals surface area contributed by atoms with Gasteiger partial charge in [0.05, 0.1) is 27.7 Å². The van der Waals surface area contributed by atoms with Crippen molar-refractivity contribution in [3.63, 3.8) is 0 Å². The molecule has 0 aliphatic heterocycles. The number of nitrogens with zero attached hydrogens (tertiary/aromatic N) is 1. The first-order valence-corrected chi connectivity index (χ1v) is 13.0. The second-order valence-corrected chi connectivity index (χ2v) is 10.7. The van der Waals surface area contributed by atoms with Crippen LogP contribution in [0.15, 0.2) is 65.6 Å². The summed E-state index contributed by atoms with van der Waals surface area (Å²) in [5.41, 5.74) is 1.22. The molecule has 0 heterocycles. The highest BCUT2D eigenvalue weighted by molar-refractivity contribution is 7.92. The molecule has 3 aromatic rings. The summed E-state index contributed by atoms with van der Waals surface area (Å²) in [5.74, 6) is -0.0672. The van der Waals surface area contributed by atoms with E-state index in [0.717, 1.165) is 28.8 Å². The first kappa shape index (κ1) is 28.3. The van der Waals surface area contributed by atoms with Crippen molar-refractivity contribution in [3.05, 3.63) is 87.9 Å². The quantitative estimate of drug-likeness (QED) is 0.346. The van der Waals surface area contributed by atoms with Crippen molar-refractivity contribution in [2.24, 2.45) is 0 Å². The van der Waals surface area contributed by atoms with Crippen LogP contribution in [-0.2, 0) is 21.0 Å². The number of ether oxygens (including phenoxy) is 1. The Morgan fingerprint density at radius 1 is 1.03 bits per heavy atom. The Bertz CT molecular complexity index is 1380. The average Bonchev–Trinajstić information content (AvgIpc) is 2.83. The van der Waals surface area contributed by atoms with E-state index < -0.39 is 39.2 Å². The molecule has 0 fully saturated rings. The van der Waals surface area contributed by atoms with Crippen molar-refractivity contribution in [1.82, 2.24) is 5.32 Å². The fraction of sp³-hybridized carbons (Fsp3) is 0.269. The Kier molecular flexibility index (Phi) is 8.76. The first-order valence-electron chi connectivity index (χ1n) is 11.2. The minimum Gasteiger partial charge on any atom is -0.491 e. The average molecular weight is 555 g/mol. The molecule has 37 heavy (non-hydrogen) atoms. The van der Waals surface area contributed by atoms with E-state index in [2.05, 4.69) is 5.32 Å². The number of benzene rings is 3. The third kappa shape index (κ3) is 6.95. The number of aryl methyl sites for hydroxylation is 2. The summed E-state index contributed by atoms with van der Waals surface area (Å²) in [5, 5.41) is 1.97. The lowest BCUT2D eigenvalue weighted by atomic mass is 10.1. The van der Waals surface area contributed by atoms with Gasteiger partial charge in [-0.2, -0.15) is 13.2 Å². The molecule has 0 aliphatic rings. The molecule has 11 heteroatoms. The molecule has 0 aromatic heterocycles. The molecule has 0 saturated carbocycles. The Morgan fingerprint density at radius 3 is 2.35 bits per heavy atom. The minimum atomic E-state index is -4.82. The topological polar surface area (TPSA) is 75.7 Å². The predicted molar refractivity (Wildman–Crippen MR) is 137 cm³/mol. The number of nitrogens with one attached hydrogen (secondary N) is 1. The molecule has 3 rings (SSSR count). The molecule has 0 spiro atoms. The van der Waals surface area contributed by atoms with Crippen molar-refractivity contribution >= 4 is 33.2 Å². The molecule has 198 valence electrons. The minimum absolute atomic E-state index is 0.0546. The van der Waals surface area contributed by atoms with Crippen molar-refractivity contribution < 1.29 is 31.1 Å². The zero-order valence-corrected chi connectivity index (χ0v) is 22.0. The van der Waals surface area contributed by atoms with Gasteiger partial charge in [-0.25, -0.2) is 8.42 Å². The fourth-order valence-corrected chi connectivity index (χ4v) is 5.09. The molecular formula is C26H26ClF3N2O4S. The fourth-order valence-electron chi connectivity index (χ4n) is 3.46. The molecule has 0 radical (unpaired) electrons. The van der Waals surface area contributed by atoms with Crippen LogP contribution >= 0.6 is 11.6 Å². The maximum atomic E-state index is 13.5. The molecule has 0 aliphatic carbocycles. The Balaban J connectivity index is 1.83. The largest absolute Gasteiger partial charge is 0.491 e. The Morgan fingerprint density at radius 2 is 1.70 bits per heavy atom. The van der Waals surface area contributed by atoms with E-state index in [4.69, 9.17) is 16.3 Å². The molecule has 3 aromatic carbocycles. The van der Waals surface area contributed by atoms with Crippen LogP contribution in [0.2, 0.25) is 5.02 Å². The standard InChI is InChI=1S/C26H26ClF3N2O4S/c1-17-7-10-21(11-8-17)37(34,35)32(20-9-12-23(27)22(15-20)26(28,29)30)16-25(33)31-13-14-36-24-6-4-5-18(2)19(24)3/h4-12,15H,13-14,16H2,1-3H3,(H,31,33). The van der Waals surface area contributed by atoms with Gasteiger partial charge in [0, 0.05) is 0 Å². The molecular weight excluding hydrogens is 529 g/mol. The van der Waals surface area contributed by atoms with Gasteiger partial charge in [0.25, 0.3) is 10.0 Å². The number of hydrogen-bond donors (Lipinski definition) is 1. The first-order chi connectivity index (χ1) is 17.3. The lowest BCUT2D eigenvalue weighted by Crippen LogP contribution is -2.42. The summed E-state index contributed by atoms with van der Waals surface area (Å²) in [6.45, 7) is 5.01. The second-order valence-electron chi connectivity index (χ2n) is 8.38. The highest BCUT2D eigenvalue weighted by Gasteiger charge is 2.35. The zero-order chi connectivity index (χ0) is 27.4. The maximum Gasteiger partial charge on any atom is 0.417 e. The van der Waals surface area contributed by atoms with Crippen molar-refractivity contribution in [2.75, 3.05) is 24.0 Å². The van der Waals surface area contributed by atoms with E-state index in [0.29, 0.717) is 16.1 Å². The van der Waals surface area contributed by atoms with E-state index in [1.807, 2.05) is 26.0 Å². The lowest BCUT2D eigenvalue weighted by Gasteiger charge is -2.25. The summed E-state index contributed by atoms with van der Waals surface area (Å²) >= 11 is 5.71. The lowest BCUT2D eigenvalue weighted by molar-refractivity contribution is -0.137.